The van der Waals surface area contributed by atoms with Crippen LogP contribution in [0.5, 0.6) is 17.2 Å². The first kappa shape index (κ1) is 12.2. The predicted octanol–water partition coefficient (Wildman–Crippen LogP) is 1.96. The van der Waals surface area contributed by atoms with E-state index in [0.29, 0.717) is 23.1 Å². The van der Waals surface area contributed by atoms with Crippen LogP contribution in [0.25, 0.3) is 0 Å². The van der Waals surface area contributed by atoms with Crippen LogP contribution in [0.3, 0.4) is 0 Å². The number of aliphatic hydroxyl groups excluding tert-OH is 1. The molecule has 0 aliphatic rings. The fraction of sp³-hybridized carbons (Fsp3) is 0.154. The number of hydrogen-bond donors (Lipinski definition) is 2. The van der Waals surface area contributed by atoms with Gasteiger partial charge >= 0.3 is 0 Å². The molecule has 0 atom stereocenters. The van der Waals surface area contributed by atoms with Gasteiger partial charge in [0.05, 0.1) is 13.7 Å². The molecule has 0 bridgehead atoms. The fourth-order valence-electron chi connectivity index (χ4n) is 1.51. The summed E-state index contributed by atoms with van der Waals surface area (Å²) in [5, 5.41) is 9.05. The van der Waals surface area contributed by atoms with Crippen molar-refractivity contribution in [2.24, 2.45) is 0 Å². The molecule has 1 aromatic carbocycles. The molecule has 0 fully saturated rings. The zero-order valence-electron chi connectivity index (χ0n) is 9.96. The number of nitrogens with zero attached hydrogens (tertiary/aromatic N) is 1. The number of hydrogen-bond acceptors (Lipinski definition) is 5. The lowest BCUT2D eigenvalue weighted by Gasteiger charge is -2.11. The topological polar surface area (TPSA) is 77.6 Å². The van der Waals surface area contributed by atoms with Gasteiger partial charge in [0.2, 0.25) is 0 Å². The normalized spacial score (nSPS) is 10.1. The Morgan fingerprint density at radius 1 is 1.22 bits per heavy atom. The molecule has 0 saturated carbocycles. The largest absolute Gasteiger partial charge is 0.493 e. The number of aliphatic hydroxyl groups is 1. The standard InChI is InChI=1S/C13H14N2O3/c1-17-12-6-9(8-16)2-3-11(12)18-10-4-5-15-13(14)7-10/h2-7,16H,8H2,1H3,(H2,14,15). The highest BCUT2D eigenvalue weighted by Crippen LogP contribution is 2.32. The zero-order chi connectivity index (χ0) is 13.0. The number of benzene rings is 1. The van der Waals surface area contributed by atoms with Crippen LogP contribution in [0.15, 0.2) is 36.5 Å². The van der Waals surface area contributed by atoms with E-state index in [1.807, 2.05) is 0 Å². The van der Waals surface area contributed by atoms with Crippen molar-refractivity contribution >= 4 is 5.82 Å². The molecular formula is C13H14N2O3. The Bertz CT molecular complexity index is 544. The van der Waals surface area contributed by atoms with Crippen molar-refractivity contribution in [3.05, 3.63) is 42.1 Å². The van der Waals surface area contributed by atoms with Crippen LogP contribution in [-0.2, 0) is 6.61 Å². The lowest BCUT2D eigenvalue weighted by Crippen LogP contribution is -1.94. The van der Waals surface area contributed by atoms with E-state index in [4.69, 9.17) is 20.3 Å². The number of aromatic nitrogens is 1. The molecule has 5 nitrogen and oxygen atoms in total. The Morgan fingerprint density at radius 2 is 2.06 bits per heavy atom. The van der Waals surface area contributed by atoms with Gasteiger partial charge in [-0.25, -0.2) is 4.98 Å². The number of nitrogens with two attached hydrogens (primary N) is 1. The van der Waals surface area contributed by atoms with Gasteiger partial charge in [0.1, 0.15) is 11.6 Å². The molecule has 18 heavy (non-hydrogen) atoms. The van der Waals surface area contributed by atoms with Gasteiger partial charge in [-0.05, 0) is 23.8 Å². The maximum Gasteiger partial charge on any atom is 0.169 e. The first-order valence-electron chi connectivity index (χ1n) is 5.40. The van der Waals surface area contributed by atoms with E-state index in [0.717, 1.165) is 5.56 Å². The summed E-state index contributed by atoms with van der Waals surface area (Å²) in [5.41, 5.74) is 6.33. The Balaban J connectivity index is 2.28. The molecule has 94 valence electrons. The van der Waals surface area contributed by atoms with Gasteiger partial charge in [-0.1, -0.05) is 6.07 Å². The van der Waals surface area contributed by atoms with E-state index >= 15 is 0 Å². The van der Waals surface area contributed by atoms with E-state index < -0.39 is 0 Å². The zero-order valence-corrected chi connectivity index (χ0v) is 9.96. The highest BCUT2D eigenvalue weighted by atomic mass is 16.5. The van der Waals surface area contributed by atoms with Gasteiger partial charge in [0.15, 0.2) is 11.5 Å². The average molecular weight is 246 g/mol. The van der Waals surface area contributed by atoms with Crippen molar-refractivity contribution in [3.8, 4) is 17.2 Å². The number of pyridine rings is 1. The maximum absolute atomic E-state index is 9.05. The summed E-state index contributed by atoms with van der Waals surface area (Å²) in [5.74, 6) is 2.08. The summed E-state index contributed by atoms with van der Waals surface area (Å²) in [4.78, 5) is 3.88. The number of anilines is 1. The molecule has 0 aliphatic carbocycles. The van der Waals surface area contributed by atoms with Crippen LogP contribution < -0.4 is 15.2 Å². The van der Waals surface area contributed by atoms with Crippen molar-refractivity contribution in [1.29, 1.82) is 0 Å². The Morgan fingerprint density at radius 3 is 2.72 bits per heavy atom. The summed E-state index contributed by atoms with van der Waals surface area (Å²) in [6.07, 6.45) is 1.57. The van der Waals surface area contributed by atoms with Gasteiger partial charge in [0.25, 0.3) is 0 Å². The Labute approximate surface area is 105 Å². The first-order chi connectivity index (χ1) is 8.72. The van der Waals surface area contributed by atoms with Crippen LogP contribution >= 0.6 is 0 Å². The van der Waals surface area contributed by atoms with Gasteiger partial charge in [-0.15, -0.1) is 0 Å². The second-order valence-electron chi connectivity index (χ2n) is 3.66. The van der Waals surface area contributed by atoms with E-state index in [1.54, 1.807) is 43.6 Å². The number of ether oxygens (including phenoxy) is 2. The summed E-state index contributed by atoms with van der Waals surface area (Å²) in [6, 6.07) is 8.55. The van der Waals surface area contributed by atoms with Gasteiger partial charge in [-0.2, -0.15) is 0 Å². The molecule has 0 saturated heterocycles. The Kier molecular flexibility index (Phi) is 3.64. The molecule has 0 spiro atoms. The quantitative estimate of drug-likeness (QED) is 0.862. The third-order valence-electron chi connectivity index (χ3n) is 2.39. The third kappa shape index (κ3) is 2.70. The third-order valence-corrected chi connectivity index (χ3v) is 2.39. The van der Waals surface area contributed by atoms with Crippen molar-refractivity contribution in [1.82, 2.24) is 4.98 Å². The van der Waals surface area contributed by atoms with Crippen LogP contribution in [0.2, 0.25) is 0 Å². The fourth-order valence-corrected chi connectivity index (χ4v) is 1.51. The average Bonchev–Trinajstić information content (AvgIpc) is 2.39. The van der Waals surface area contributed by atoms with Gasteiger partial charge in [0, 0.05) is 12.3 Å². The number of methoxy groups -OCH3 is 1. The highest BCUT2D eigenvalue weighted by molar-refractivity contribution is 5.46. The molecule has 5 heteroatoms. The van der Waals surface area contributed by atoms with Crippen molar-refractivity contribution in [3.63, 3.8) is 0 Å². The lowest BCUT2D eigenvalue weighted by atomic mass is 10.2. The Hall–Kier alpha value is -2.27. The smallest absolute Gasteiger partial charge is 0.169 e. The molecule has 1 heterocycles. The number of rotatable bonds is 4. The lowest BCUT2D eigenvalue weighted by molar-refractivity contribution is 0.280. The minimum atomic E-state index is -0.0428. The van der Waals surface area contributed by atoms with E-state index in [2.05, 4.69) is 4.98 Å². The van der Waals surface area contributed by atoms with Crippen LogP contribution in [0, 0.1) is 0 Å². The molecule has 0 aliphatic heterocycles. The van der Waals surface area contributed by atoms with Crippen LogP contribution in [0.1, 0.15) is 5.56 Å². The van der Waals surface area contributed by atoms with E-state index in [1.165, 1.54) is 0 Å². The summed E-state index contributed by atoms with van der Waals surface area (Å²) in [7, 11) is 1.55. The first-order valence-corrected chi connectivity index (χ1v) is 5.40. The minimum Gasteiger partial charge on any atom is -0.493 e. The van der Waals surface area contributed by atoms with Crippen LogP contribution in [0.4, 0.5) is 5.82 Å². The summed E-state index contributed by atoms with van der Waals surface area (Å²) >= 11 is 0. The van der Waals surface area contributed by atoms with Crippen LogP contribution in [-0.4, -0.2) is 17.2 Å². The monoisotopic (exact) mass is 246 g/mol. The SMILES string of the molecule is COc1cc(CO)ccc1Oc1ccnc(N)c1. The minimum absolute atomic E-state index is 0.0428. The summed E-state index contributed by atoms with van der Waals surface area (Å²) in [6.45, 7) is -0.0428. The molecular weight excluding hydrogens is 232 g/mol. The molecule has 0 amide bonds. The summed E-state index contributed by atoms with van der Waals surface area (Å²) < 4.78 is 10.9. The molecule has 1 aromatic heterocycles. The molecule has 2 rings (SSSR count). The molecule has 2 aromatic rings. The molecule has 0 unspecified atom stereocenters. The van der Waals surface area contributed by atoms with Gasteiger partial charge < -0.3 is 20.3 Å². The predicted molar refractivity (Wildman–Crippen MR) is 67.6 cm³/mol. The van der Waals surface area contributed by atoms with Crippen molar-refractivity contribution in [2.45, 2.75) is 6.61 Å². The molecule has 0 radical (unpaired) electrons. The van der Waals surface area contributed by atoms with E-state index in [-0.39, 0.29) is 6.61 Å². The van der Waals surface area contributed by atoms with Gasteiger partial charge in [-0.3, -0.25) is 0 Å². The maximum atomic E-state index is 9.05. The van der Waals surface area contributed by atoms with Crippen molar-refractivity contribution < 1.29 is 14.6 Å². The second kappa shape index (κ2) is 5.37. The van der Waals surface area contributed by atoms with Crippen molar-refractivity contribution in [2.75, 3.05) is 12.8 Å². The molecule has 3 N–H and O–H groups in total. The number of nitrogen functional groups attached to an aromatic ring is 1. The van der Waals surface area contributed by atoms with E-state index in [9.17, 15) is 0 Å². The second-order valence-corrected chi connectivity index (χ2v) is 3.66. The highest BCUT2D eigenvalue weighted by Gasteiger charge is 2.07.